The Bertz CT molecular complexity index is 1160. The van der Waals surface area contributed by atoms with E-state index in [1.165, 1.54) is 6.08 Å². The van der Waals surface area contributed by atoms with Crippen molar-refractivity contribution in [1.82, 2.24) is 10.6 Å². The molecule has 0 saturated heterocycles. The molecule has 0 heterocycles. The molecule has 33 heavy (non-hydrogen) atoms. The van der Waals surface area contributed by atoms with Gasteiger partial charge in [0.1, 0.15) is 0 Å². The van der Waals surface area contributed by atoms with Gasteiger partial charge in [-0.05, 0) is 54.0 Å². The summed E-state index contributed by atoms with van der Waals surface area (Å²) >= 11 is 11.5. The maximum Gasteiger partial charge on any atom is 0.253 e. The Morgan fingerprint density at radius 3 is 2.39 bits per heavy atom. The van der Waals surface area contributed by atoms with Crippen LogP contribution in [0.15, 0.2) is 84.9 Å². The van der Waals surface area contributed by atoms with Gasteiger partial charge >= 0.3 is 0 Å². The lowest BCUT2D eigenvalue weighted by Crippen LogP contribution is -2.41. The molecule has 0 unspecified atom stereocenters. The molecule has 0 aliphatic heterocycles. The molecule has 0 aliphatic carbocycles. The number of benzene rings is 3. The maximum atomic E-state index is 12.8. The summed E-state index contributed by atoms with van der Waals surface area (Å²) in [6, 6.07) is 24.3. The highest BCUT2D eigenvalue weighted by molar-refractivity contribution is 7.80. The number of anilines is 1. The van der Waals surface area contributed by atoms with Crippen molar-refractivity contribution >= 4 is 52.5 Å². The Morgan fingerprint density at radius 2 is 1.64 bits per heavy atom. The molecular formula is C26H24ClN3O2S. The predicted molar refractivity (Wildman–Crippen MR) is 139 cm³/mol. The number of thiocarbonyl (C=S) groups is 1. The topological polar surface area (TPSA) is 61.4 Å². The van der Waals surface area contributed by atoms with Crippen molar-refractivity contribution in [3.8, 4) is 0 Å². The lowest BCUT2D eigenvalue weighted by Gasteiger charge is -2.22. The van der Waals surface area contributed by atoms with Crippen molar-refractivity contribution in [3.05, 3.63) is 107 Å². The average Bonchev–Trinajstić information content (AvgIpc) is 2.83. The van der Waals surface area contributed by atoms with Gasteiger partial charge in [0, 0.05) is 24.7 Å². The quantitative estimate of drug-likeness (QED) is 0.376. The molecule has 3 rings (SSSR count). The fraction of sp³-hybridized carbons (Fsp3) is 0.115. The van der Waals surface area contributed by atoms with Crippen LogP contribution in [0.5, 0.6) is 0 Å². The third kappa shape index (κ3) is 7.00. The number of hydrogen-bond donors (Lipinski definition) is 2. The molecule has 3 aromatic rings. The Balaban J connectivity index is 1.61. The van der Waals surface area contributed by atoms with Crippen LogP contribution in [0, 0.1) is 0 Å². The van der Waals surface area contributed by atoms with E-state index < -0.39 is 5.91 Å². The zero-order valence-corrected chi connectivity index (χ0v) is 19.7. The van der Waals surface area contributed by atoms with Gasteiger partial charge in [0.05, 0.1) is 11.3 Å². The molecule has 0 aliphatic rings. The Hall–Kier alpha value is -3.48. The minimum absolute atomic E-state index is 0.174. The first-order valence-electron chi connectivity index (χ1n) is 10.4. The Labute approximate surface area is 204 Å². The lowest BCUT2D eigenvalue weighted by molar-refractivity contribution is -0.115. The molecule has 0 aromatic heterocycles. The molecule has 0 saturated carbocycles. The first-order valence-corrected chi connectivity index (χ1v) is 11.2. The molecular weight excluding hydrogens is 454 g/mol. The highest BCUT2D eigenvalue weighted by Crippen LogP contribution is 2.20. The van der Waals surface area contributed by atoms with Gasteiger partial charge in [-0.2, -0.15) is 0 Å². The average molecular weight is 478 g/mol. The summed E-state index contributed by atoms with van der Waals surface area (Å²) in [5.41, 5.74) is 2.94. The van der Waals surface area contributed by atoms with Crippen LogP contribution in [-0.4, -0.2) is 30.5 Å². The van der Waals surface area contributed by atoms with Crippen molar-refractivity contribution in [2.75, 3.05) is 18.5 Å². The van der Waals surface area contributed by atoms with Gasteiger partial charge in [0.15, 0.2) is 5.11 Å². The number of halogens is 1. The summed E-state index contributed by atoms with van der Waals surface area (Å²) in [6.07, 6.45) is 3.72. The van der Waals surface area contributed by atoms with Gasteiger partial charge in [-0.1, -0.05) is 72.3 Å². The van der Waals surface area contributed by atoms with Gasteiger partial charge in [0.25, 0.3) is 5.91 Å². The van der Waals surface area contributed by atoms with E-state index in [-0.39, 0.29) is 11.0 Å². The van der Waals surface area contributed by atoms with Crippen molar-refractivity contribution in [1.29, 1.82) is 0 Å². The van der Waals surface area contributed by atoms with Crippen molar-refractivity contribution in [3.63, 3.8) is 0 Å². The van der Waals surface area contributed by atoms with Crippen LogP contribution in [0.2, 0.25) is 5.02 Å². The van der Waals surface area contributed by atoms with Crippen LogP contribution in [0.25, 0.3) is 6.08 Å². The summed E-state index contributed by atoms with van der Waals surface area (Å²) in [4.78, 5) is 26.7. The summed E-state index contributed by atoms with van der Waals surface area (Å²) in [6.45, 7) is 0.509. The molecule has 3 aromatic carbocycles. The second-order valence-electron chi connectivity index (χ2n) is 7.22. The monoisotopic (exact) mass is 477 g/mol. The van der Waals surface area contributed by atoms with Crippen LogP contribution >= 0.6 is 23.8 Å². The molecule has 0 bridgehead atoms. The number of para-hydroxylation sites is 1. The fourth-order valence-electron chi connectivity index (χ4n) is 3.13. The third-order valence-electron chi connectivity index (χ3n) is 4.91. The third-order valence-corrected chi connectivity index (χ3v) is 5.63. The fourth-order valence-corrected chi connectivity index (χ4v) is 3.53. The Kier molecular flexibility index (Phi) is 8.75. The number of rotatable bonds is 7. The summed E-state index contributed by atoms with van der Waals surface area (Å²) in [5.74, 6) is -0.599. The summed E-state index contributed by atoms with van der Waals surface area (Å²) in [7, 11) is 1.70. The number of carbonyl (C=O) groups is 2. The van der Waals surface area contributed by atoms with E-state index in [0.717, 1.165) is 17.5 Å². The molecule has 0 atom stereocenters. The van der Waals surface area contributed by atoms with Crippen molar-refractivity contribution < 1.29 is 9.59 Å². The SMILES string of the molecule is CN(C(=S)NC(=O)C=Cc1ccccc1Cl)c1ccccc1C(=O)NCCc1ccccc1. The smallest absolute Gasteiger partial charge is 0.253 e. The van der Waals surface area contributed by atoms with Gasteiger partial charge in [0.2, 0.25) is 5.91 Å². The van der Waals surface area contributed by atoms with Crippen LogP contribution < -0.4 is 15.5 Å². The van der Waals surface area contributed by atoms with E-state index >= 15 is 0 Å². The summed E-state index contributed by atoms with van der Waals surface area (Å²) in [5, 5.41) is 6.33. The van der Waals surface area contributed by atoms with Gasteiger partial charge < -0.3 is 10.2 Å². The van der Waals surface area contributed by atoms with Crippen LogP contribution in [0.4, 0.5) is 5.69 Å². The highest BCUT2D eigenvalue weighted by atomic mass is 35.5. The van der Waals surface area contributed by atoms with Crippen molar-refractivity contribution in [2.24, 2.45) is 0 Å². The number of hydrogen-bond acceptors (Lipinski definition) is 3. The van der Waals surface area contributed by atoms with E-state index in [1.807, 2.05) is 54.6 Å². The molecule has 2 N–H and O–H groups in total. The van der Waals surface area contributed by atoms with Crippen LogP contribution in [0.3, 0.4) is 0 Å². The Morgan fingerprint density at radius 1 is 0.970 bits per heavy atom. The standard InChI is InChI=1S/C26H24ClN3O2S/c1-30(26(33)29-24(31)16-15-20-11-5-7-13-22(20)27)23-14-8-6-12-21(23)25(32)28-18-17-19-9-3-2-4-10-19/h2-16H,17-18H2,1H3,(H,28,32)(H,29,31,33). The minimum atomic E-state index is -0.392. The molecule has 7 heteroatoms. The molecule has 0 spiro atoms. The minimum Gasteiger partial charge on any atom is -0.352 e. The molecule has 168 valence electrons. The normalized spacial score (nSPS) is 10.6. The number of nitrogens with one attached hydrogen (secondary N) is 2. The maximum absolute atomic E-state index is 12.8. The summed E-state index contributed by atoms with van der Waals surface area (Å²) < 4.78 is 0. The van der Waals surface area contributed by atoms with Crippen LogP contribution in [0.1, 0.15) is 21.5 Å². The number of nitrogens with zero attached hydrogens (tertiary/aromatic N) is 1. The second-order valence-corrected chi connectivity index (χ2v) is 8.01. The van der Waals surface area contributed by atoms with E-state index in [4.69, 9.17) is 23.8 Å². The number of amides is 2. The lowest BCUT2D eigenvalue weighted by atomic mass is 10.1. The van der Waals surface area contributed by atoms with Gasteiger partial charge in [-0.3, -0.25) is 14.9 Å². The van der Waals surface area contributed by atoms with E-state index in [0.29, 0.717) is 22.8 Å². The van der Waals surface area contributed by atoms with E-state index in [2.05, 4.69) is 10.6 Å². The predicted octanol–water partition coefficient (Wildman–Crippen LogP) is 4.86. The van der Waals surface area contributed by atoms with Gasteiger partial charge in [-0.25, -0.2) is 0 Å². The molecule has 5 nitrogen and oxygen atoms in total. The zero-order chi connectivity index (χ0) is 23.6. The first kappa shape index (κ1) is 24.2. The largest absolute Gasteiger partial charge is 0.352 e. The second kappa shape index (κ2) is 11.9. The van der Waals surface area contributed by atoms with Gasteiger partial charge in [-0.15, -0.1) is 0 Å². The first-order chi connectivity index (χ1) is 16.0. The highest BCUT2D eigenvalue weighted by Gasteiger charge is 2.17. The van der Waals surface area contributed by atoms with Crippen LogP contribution in [-0.2, 0) is 11.2 Å². The zero-order valence-electron chi connectivity index (χ0n) is 18.1. The molecule has 2 amide bonds. The molecule has 0 fully saturated rings. The van der Waals surface area contributed by atoms with E-state index in [9.17, 15) is 9.59 Å². The van der Waals surface area contributed by atoms with E-state index in [1.54, 1.807) is 42.3 Å². The van der Waals surface area contributed by atoms with Crippen molar-refractivity contribution in [2.45, 2.75) is 6.42 Å². The number of carbonyl (C=O) groups excluding carboxylic acids is 2. The molecule has 0 radical (unpaired) electrons.